The molecule has 0 unspecified atom stereocenters. The van der Waals surface area contributed by atoms with Crippen molar-refractivity contribution in [2.75, 3.05) is 0 Å². The van der Waals surface area contributed by atoms with Crippen LogP contribution in [0.1, 0.15) is 25.7 Å². The lowest BCUT2D eigenvalue weighted by molar-refractivity contribution is 0.670. The van der Waals surface area contributed by atoms with Crippen molar-refractivity contribution >= 4 is 16.9 Å². The molecule has 0 aliphatic heterocycles. The summed E-state index contributed by atoms with van der Waals surface area (Å²) in [6, 6.07) is 8.30. The van der Waals surface area contributed by atoms with E-state index in [0.717, 1.165) is 11.0 Å². The van der Waals surface area contributed by atoms with Crippen molar-refractivity contribution in [3.05, 3.63) is 24.3 Å². The fraction of sp³-hybridized carbons (Fsp3) is 0.462. The molecule has 18 heavy (non-hydrogen) atoms. The third kappa shape index (κ3) is 2.20. The summed E-state index contributed by atoms with van der Waals surface area (Å²) in [5.41, 5.74) is 7.89. The van der Waals surface area contributed by atoms with Crippen LogP contribution in [-0.2, 0) is 6.54 Å². The largest absolute Gasteiger partial charge is 0.386 e. The fourth-order valence-electron chi connectivity index (χ4n) is 2.50. The molecule has 0 radical (unpaired) electrons. The standard InChI is InChI=1S/C13H17N5/c14-13(15-10-5-1-2-6-10)9-18-12-8-4-3-7-11(12)16-17-18/h3-4,7-8,10H,1-2,5-6,9H2,(H2,14,15). The fourth-order valence-corrected chi connectivity index (χ4v) is 2.50. The molecule has 5 heteroatoms. The highest BCUT2D eigenvalue weighted by Gasteiger charge is 2.14. The number of aliphatic imine (C=N–C) groups is 1. The van der Waals surface area contributed by atoms with Crippen LogP contribution in [0.15, 0.2) is 29.3 Å². The van der Waals surface area contributed by atoms with E-state index in [4.69, 9.17) is 5.73 Å². The molecule has 1 fully saturated rings. The highest BCUT2D eigenvalue weighted by Crippen LogP contribution is 2.20. The molecule has 0 spiro atoms. The van der Waals surface area contributed by atoms with Gasteiger partial charge in [-0.05, 0) is 25.0 Å². The quantitative estimate of drug-likeness (QED) is 0.659. The summed E-state index contributed by atoms with van der Waals surface area (Å²) in [7, 11) is 0. The van der Waals surface area contributed by atoms with Gasteiger partial charge in [-0.3, -0.25) is 4.99 Å². The van der Waals surface area contributed by atoms with E-state index in [1.54, 1.807) is 0 Å². The number of amidine groups is 1. The Bertz CT molecular complexity index is 566. The van der Waals surface area contributed by atoms with Gasteiger partial charge in [0.25, 0.3) is 0 Å². The number of hydrogen-bond acceptors (Lipinski definition) is 3. The lowest BCUT2D eigenvalue weighted by atomic mass is 10.3. The number of rotatable bonds is 3. The first-order valence-corrected chi connectivity index (χ1v) is 6.43. The van der Waals surface area contributed by atoms with Crippen LogP contribution in [0.25, 0.3) is 11.0 Å². The lowest BCUT2D eigenvalue weighted by Crippen LogP contribution is -2.22. The smallest absolute Gasteiger partial charge is 0.116 e. The maximum Gasteiger partial charge on any atom is 0.116 e. The van der Waals surface area contributed by atoms with Crippen LogP contribution in [0.2, 0.25) is 0 Å². The second-order valence-corrected chi connectivity index (χ2v) is 4.79. The number of aromatic nitrogens is 3. The molecule has 94 valence electrons. The Hall–Kier alpha value is -1.91. The first kappa shape index (κ1) is 11.2. The summed E-state index contributed by atoms with van der Waals surface area (Å²) in [6.45, 7) is 0.525. The summed E-state index contributed by atoms with van der Waals surface area (Å²) < 4.78 is 1.81. The molecule has 2 aromatic rings. The number of nitrogens with two attached hydrogens (primary N) is 1. The minimum Gasteiger partial charge on any atom is -0.386 e. The van der Waals surface area contributed by atoms with Gasteiger partial charge in [-0.1, -0.05) is 30.2 Å². The van der Waals surface area contributed by atoms with Gasteiger partial charge in [0.15, 0.2) is 0 Å². The molecule has 2 N–H and O–H groups in total. The van der Waals surface area contributed by atoms with Gasteiger partial charge < -0.3 is 5.73 Å². The molecule has 1 heterocycles. The Labute approximate surface area is 106 Å². The number of nitrogens with zero attached hydrogens (tertiary/aromatic N) is 4. The second-order valence-electron chi connectivity index (χ2n) is 4.79. The van der Waals surface area contributed by atoms with E-state index in [1.807, 2.05) is 28.9 Å². The maximum atomic E-state index is 6.00. The molecular weight excluding hydrogens is 226 g/mol. The third-order valence-corrected chi connectivity index (χ3v) is 3.41. The zero-order valence-electron chi connectivity index (χ0n) is 10.3. The van der Waals surface area contributed by atoms with E-state index >= 15 is 0 Å². The number of fused-ring (bicyclic) bond motifs is 1. The van der Waals surface area contributed by atoms with Crippen LogP contribution in [0.5, 0.6) is 0 Å². The van der Waals surface area contributed by atoms with Crippen LogP contribution in [0, 0.1) is 0 Å². The molecule has 0 amide bonds. The van der Waals surface area contributed by atoms with E-state index in [9.17, 15) is 0 Å². The molecule has 0 saturated heterocycles. The summed E-state index contributed by atoms with van der Waals surface area (Å²) in [5.74, 6) is 0.651. The minimum atomic E-state index is 0.416. The normalized spacial score (nSPS) is 17.7. The van der Waals surface area contributed by atoms with Crippen molar-refractivity contribution in [1.82, 2.24) is 15.0 Å². The first-order valence-electron chi connectivity index (χ1n) is 6.43. The van der Waals surface area contributed by atoms with Crippen LogP contribution in [0.3, 0.4) is 0 Å². The molecule has 0 bridgehead atoms. The molecule has 0 atom stereocenters. The van der Waals surface area contributed by atoms with E-state index < -0.39 is 0 Å². The molecule has 1 aromatic heterocycles. The van der Waals surface area contributed by atoms with Gasteiger partial charge in [0, 0.05) is 0 Å². The highest BCUT2D eigenvalue weighted by molar-refractivity contribution is 5.82. The highest BCUT2D eigenvalue weighted by atomic mass is 15.4. The predicted octanol–water partition coefficient (Wildman–Crippen LogP) is 1.73. The topological polar surface area (TPSA) is 69.1 Å². The Kier molecular flexibility index (Phi) is 2.96. The van der Waals surface area contributed by atoms with Gasteiger partial charge in [-0.25, -0.2) is 4.68 Å². The Morgan fingerprint density at radius 3 is 2.94 bits per heavy atom. The van der Waals surface area contributed by atoms with Crippen LogP contribution in [-0.4, -0.2) is 26.9 Å². The molecule has 3 rings (SSSR count). The van der Waals surface area contributed by atoms with Gasteiger partial charge in [-0.2, -0.15) is 0 Å². The summed E-state index contributed by atoms with van der Waals surface area (Å²) >= 11 is 0. The van der Waals surface area contributed by atoms with Gasteiger partial charge in [0.2, 0.25) is 0 Å². The average Bonchev–Trinajstić information content (AvgIpc) is 3.00. The molecule has 1 aliphatic rings. The number of hydrogen-bond donors (Lipinski definition) is 1. The second kappa shape index (κ2) is 4.76. The van der Waals surface area contributed by atoms with E-state index in [-0.39, 0.29) is 0 Å². The van der Waals surface area contributed by atoms with E-state index in [0.29, 0.717) is 18.4 Å². The summed E-state index contributed by atoms with van der Waals surface area (Å²) in [4.78, 5) is 4.56. The summed E-state index contributed by atoms with van der Waals surface area (Å²) in [5, 5.41) is 8.22. The lowest BCUT2D eigenvalue weighted by Gasteiger charge is -2.06. The zero-order chi connectivity index (χ0) is 12.4. The van der Waals surface area contributed by atoms with Gasteiger partial charge in [0.1, 0.15) is 17.9 Å². The third-order valence-electron chi connectivity index (χ3n) is 3.41. The minimum absolute atomic E-state index is 0.416. The van der Waals surface area contributed by atoms with Crippen molar-refractivity contribution in [2.45, 2.75) is 38.3 Å². The molecule has 1 saturated carbocycles. The average molecular weight is 243 g/mol. The zero-order valence-corrected chi connectivity index (χ0v) is 10.3. The SMILES string of the molecule is NC(Cn1nnc2ccccc21)=NC1CCCC1. The van der Waals surface area contributed by atoms with Crippen molar-refractivity contribution in [1.29, 1.82) is 0 Å². The van der Waals surface area contributed by atoms with Crippen LogP contribution < -0.4 is 5.73 Å². The predicted molar refractivity (Wildman–Crippen MR) is 71.4 cm³/mol. The van der Waals surface area contributed by atoms with Gasteiger partial charge >= 0.3 is 0 Å². The monoisotopic (exact) mass is 243 g/mol. The van der Waals surface area contributed by atoms with Gasteiger partial charge in [0.05, 0.1) is 11.6 Å². The van der Waals surface area contributed by atoms with Crippen molar-refractivity contribution in [2.24, 2.45) is 10.7 Å². The molecule has 5 nitrogen and oxygen atoms in total. The Morgan fingerprint density at radius 2 is 2.11 bits per heavy atom. The Morgan fingerprint density at radius 1 is 1.33 bits per heavy atom. The van der Waals surface area contributed by atoms with Crippen LogP contribution >= 0.6 is 0 Å². The van der Waals surface area contributed by atoms with Crippen molar-refractivity contribution < 1.29 is 0 Å². The van der Waals surface area contributed by atoms with Crippen molar-refractivity contribution in [3.8, 4) is 0 Å². The number of para-hydroxylation sites is 1. The van der Waals surface area contributed by atoms with Crippen LogP contribution in [0.4, 0.5) is 0 Å². The molecular formula is C13H17N5. The van der Waals surface area contributed by atoms with Gasteiger partial charge in [-0.15, -0.1) is 5.10 Å². The summed E-state index contributed by atoms with van der Waals surface area (Å²) in [6.07, 6.45) is 4.87. The van der Waals surface area contributed by atoms with E-state index in [2.05, 4.69) is 15.3 Å². The maximum absolute atomic E-state index is 6.00. The van der Waals surface area contributed by atoms with E-state index in [1.165, 1.54) is 25.7 Å². The first-order chi connectivity index (χ1) is 8.83. The Balaban J connectivity index is 1.79. The molecule has 1 aliphatic carbocycles. The molecule has 1 aromatic carbocycles. The number of benzene rings is 1. The van der Waals surface area contributed by atoms with Crippen molar-refractivity contribution in [3.63, 3.8) is 0 Å².